The molecule has 2 aromatic rings. The van der Waals surface area contributed by atoms with Crippen LogP contribution in [-0.4, -0.2) is 16.9 Å². The van der Waals surface area contributed by atoms with Gasteiger partial charge in [-0.1, -0.05) is 42.8 Å². The fourth-order valence-corrected chi connectivity index (χ4v) is 2.22. The van der Waals surface area contributed by atoms with Crippen molar-refractivity contribution in [1.29, 1.82) is 0 Å². The number of carbonyl (C=O) groups is 2. The van der Waals surface area contributed by atoms with Crippen LogP contribution in [0.15, 0.2) is 36.4 Å². The Hall–Kier alpha value is -1.87. The van der Waals surface area contributed by atoms with E-state index in [0.717, 1.165) is 10.8 Å². The maximum atomic E-state index is 11.6. The molecule has 0 aliphatic carbocycles. The molecule has 0 bridgehead atoms. The van der Waals surface area contributed by atoms with E-state index in [1.54, 1.807) is 19.1 Å². The highest BCUT2D eigenvalue weighted by Gasteiger charge is 2.23. The maximum absolute atomic E-state index is 11.6. The van der Waals surface area contributed by atoms with Gasteiger partial charge in [0.1, 0.15) is 0 Å². The minimum atomic E-state index is -1.42. The lowest BCUT2D eigenvalue weighted by atomic mass is 9.92. The van der Waals surface area contributed by atoms with Crippen LogP contribution < -0.4 is 0 Å². The molecule has 2 rings (SSSR count). The van der Waals surface area contributed by atoms with Gasteiger partial charge in [0.25, 0.3) is 0 Å². The van der Waals surface area contributed by atoms with Crippen LogP contribution in [0.25, 0.3) is 10.8 Å². The number of carboxylic acids is 1. The van der Waals surface area contributed by atoms with E-state index in [2.05, 4.69) is 0 Å². The molecule has 3 nitrogen and oxygen atoms in total. The molecule has 18 heavy (non-hydrogen) atoms. The van der Waals surface area contributed by atoms with Crippen LogP contribution in [0.1, 0.15) is 18.4 Å². The Morgan fingerprint density at radius 3 is 2.56 bits per heavy atom. The Bertz CT molecular complexity index is 634. The predicted molar refractivity (Wildman–Crippen MR) is 70.0 cm³/mol. The maximum Gasteiger partial charge on any atom is 0.372 e. The first-order valence-corrected chi connectivity index (χ1v) is 5.84. The first kappa shape index (κ1) is 12.6. The van der Waals surface area contributed by atoms with E-state index in [1.165, 1.54) is 0 Å². The summed E-state index contributed by atoms with van der Waals surface area (Å²) in [4.78, 5) is 22.3. The zero-order valence-electron chi connectivity index (χ0n) is 9.68. The number of halogens is 1. The zero-order valence-corrected chi connectivity index (χ0v) is 10.4. The SMILES string of the molecule is CC(C(=O)C(=O)O)c1cc(Cl)cc2ccccc12. The molecule has 1 N–H and O–H groups in total. The van der Waals surface area contributed by atoms with Crippen molar-refractivity contribution in [1.82, 2.24) is 0 Å². The molecule has 0 aromatic heterocycles. The van der Waals surface area contributed by atoms with Crippen LogP contribution in [0, 0.1) is 0 Å². The number of carboxylic acid groups (broad SMARTS) is 1. The van der Waals surface area contributed by atoms with Gasteiger partial charge in [0, 0.05) is 5.02 Å². The van der Waals surface area contributed by atoms with Crippen molar-refractivity contribution in [3.63, 3.8) is 0 Å². The second-order valence-electron chi connectivity index (χ2n) is 4.11. The van der Waals surface area contributed by atoms with Gasteiger partial charge in [-0.05, 0) is 28.5 Å². The summed E-state index contributed by atoms with van der Waals surface area (Å²) in [6.45, 7) is 1.58. The zero-order chi connectivity index (χ0) is 13.3. The van der Waals surface area contributed by atoms with Crippen molar-refractivity contribution in [2.24, 2.45) is 0 Å². The summed E-state index contributed by atoms with van der Waals surface area (Å²) in [6.07, 6.45) is 0. The van der Waals surface area contributed by atoms with Gasteiger partial charge < -0.3 is 5.11 Å². The van der Waals surface area contributed by atoms with Gasteiger partial charge in [0.15, 0.2) is 0 Å². The molecule has 0 fully saturated rings. The van der Waals surface area contributed by atoms with Gasteiger partial charge in [-0.15, -0.1) is 0 Å². The number of carbonyl (C=O) groups excluding carboxylic acids is 1. The molecule has 0 amide bonds. The molecule has 1 atom stereocenters. The Labute approximate surface area is 109 Å². The van der Waals surface area contributed by atoms with Gasteiger partial charge in [-0.3, -0.25) is 4.79 Å². The van der Waals surface area contributed by atoms with E-state index in [0.29, 0.717) is 10.6 Å². The van der Waals surface area contributed by atoms with Gasteiger partial charge in [0.05, 0.1) is 5.92 Å². The van der Waals surface area contributed by atoms with Crippen molar-refractivity contribution in [2.45, 2.75) is 12.8 Å². The van der Waals surface area contributed by atoms with E-state index in [-0.39, 0.29) is 0 Å². The summed E-state index contributed by atoms with van der Waals surface area (Å²) in [6, 6.07) is 10.9. The fourth-order valence-electron chi connectivity index (χ4n) is 1.99. The number of Topliss-reactive ketones (excluding diaryl/α,β-unsaturated/α-hetero) is 1. The third kappa shape index (κ3) is 2.22. The van der Waals surface area contributed by atoms with Gasteiger partial charge >= 0.3 is 5.97 Å². The van der Waals surface area contributed by atoms with Gasteiger partial charge in [0.2, 0.25) is 5.78 Å². The van der Waals surface area contributed by atoms with E-state index >= 15 is 0 Å². The quantitative estimate of drug-likeness (QED) is 0.864. The smallest absolute Gasteiger partial charge is 0.372 e. The first-order chi connectivity index (χ1) is 8.50. The van der Waals surface area contributed by atoms with Gasteiger partial charge in [-0.25, -0.2) is 4.79 Å². The van der Waals surface area contributed by atoms with Crippen LogP contribution in [-0.2, 0) is 9.59 Å². The average Bonchev–Trinajstić information content (AvgIpc) is 2.35. The molecule has 1 unspecified atom stereocenters. The van der Waals surface area contributed by atoms with Crippen LogP contribution in [0.3, 0.4) is 0 Å². The van der Waals surface area contributed by atoms with E-state index < -0.39 is 17.7 Å². The number of aliphatic carboxylic acids is 1. The minimum Gasteiger partial charge on any atom is -0.475 e. The van der Waals surface area contributed by atoms with E-state index in [1.807, 2.05) is 24.3 Å². The number of rotatable bonds is 3. The molecule has 0 radical (unpaired) electrons. The molecule has 0 aliphatic heterocycles. The number of fused-ring (bicyclic) bond motifs is 1. The highest BCUT2D eigenvalue weighted by molar-refractivity contribution is 6.35. The fraction of sp³-hybridized carbons (Fsp3) is 0.143. The largest absolute Gasteiger partial charge is 0.475 e. The van der Waals surface area contributed by atoms with Crippen molar-refractivity contribution in [2.75, 3.05) is 0 Å². The Morgan fingerprint density at radius 1 is 1.22 bits per heavy atom. The number of hydrogen-bond acceptors (Lipinski definition) is 2. The lowest BCUT2D eigenvalue weighted by Gasteiger charge is -2.12. The van der Waals surface area contributed by atoms with Crippen LogP contribution in [0.5, 0.6) is 0 Å². The molecule has 0 heterocycles. The topological polar surface area (TPSA) is 54.4 Å². The van der Waals surface area contributed by atoms with Crippen molar-refractivity contribution < 1.29 is 14.7 Å². The molecule has 4 heteroatoms. The summed E-state index contributed by atoms with van der Waals surface area (Å²) in [7, 11) is 0. The van der Waals surface area contributed by atoms with Crippen LogP contribution >= 0.6 is 11.6 Å². The predicted octanol–water partition coefficient (Wildman–Crippen LogP) is 3.25. The average molecular weight is 263 g/mol. The monoisotopic (exact) mass is 262 g/mol. The Morgan fingerprint density at radius 2 is 1.89 bits per heavy atom. The molecular weight excluding hydrogens is 252 g/mol. The Kier molecular flexibility index (Phi) is 3.34. The highest BCUT2D eigenvalue weighted by atomic mass is 35.5. The van der Waals surface area contributed by atoms with Crippen molar-refractivity contribution in [3.8, 4) is 0 Å². The molecule has 0 saturated carbocycles. The molecule has 0 saturated heterocycles. The molecule has 92 valence electrons. The number of hydrogen-bond donors (Lipinski definition) is 1. The third-order valence-electron chi connectivity index (χ3n) is 2.93. The highest BCUT2D eigenvalue weighted by Crippen LogP contribution is 2.29. The first-order valence-electron chi connectivity index (χ1n) is 5.46. The summed E-state index contributed by atoms with van der Waals surface area (Å²) in [5, 5.41) is 11.0. The van der Waals surface area contributed by atoms with Gasteiger partial charge in [-0.2, -0.15) is 0 Å². The second-order valence-corrected chi connectivity index (χ2v) is 4.54. The van der Waals surface area contributed by atoms with Crippen molar-refractivity contribution in [3.05, 3.63) is 47.0 Å². The standard InChI is InChI=1S/C14H11ClO3/c1-8(13(16)14(17)18)12-7-10(15)6-9-4-2-3-5-11(9)12/h2-8H,1H3,(H,17,18). The number of ketones is 1. The van der Waals surface area contributed by atoms with Crippen molar-refractivity contribution >= 4 is 34.1 Å². The number of benzene rings is 2. The Balaban J connectivity index is 2.63. The van der Waals surface area contributed by atoms with Crippen LogP contribution in [0.4, 0.5) is 0 Å². The minimum absolute atomic E-state index is 0.494. The molecule has 0 spiro atoms. The summed E-state index contributed by atoms with van der Waals surface area (Å²) in [5.74, 6) is -2.97. The lowest BCUT2D eigenvalue weighted by Crippen LogP contribution is -2.19. The summed E-state index contributed by atoms with van der Waals surface area (Å²) >= 11 is 5.99. The molecule has 0 aliphatic rings. The second kappa shape index (κ2) is 4.78. The normalized spacial score (nSPS) is 12.3. The lowest BCUT2D eigenvalue weighted by molar-refractivity contribution is -0.149. The van der Waals surface area contributed by atoms with Crippen LogP contribution in [0.2, 0.25) is 5.02 Å². The molecule has 2 aromatic carbocycles. The van der Waals surface area contributed by atoms with E-state index in [4.69, 9.17) is 16.7 Å². The summed E-state index contributed by atoms with van der Waals surface area (Å²) in [5.41, 5.74) is 0.644. The third-order valence-corrected chi connectivity index (χ3v) is 3.15. The molecular formula is C14H11ClO3. The van der Waals surface area contributed by atoms with E-state index in [9.17, 15) is 9.59 Å². The summed E-state index contributed by atoms with van der Waals surface area (Å²) < 4.78 is 0.